The second kappa shape index (κ2) is 12.8. The highest BCUT2D eigenvalue weighted by atomic mass is 16.6. The highest BCUT2D eigenvalue weighted by Gasteiger charge is 2.39. The number of rotatable bonds is 10. The molecule has 0 aliphatic carbocycles. The van der Waals surface area contributed by atoms with E-state index < -0.39 is 66.0 Å². The SMILES string of the molecule is COC(=O)[C@H](NC(=O)[C@@H]([C@H](C)O)N(C)C(=O)OC(C)(C)C)[C@H](C)C(=O)OCC(=O)c1ccccc1. The number of hydrogen-bond acceptors (Lipinski definition) is 9. The van der Waals surface area contributed by atoms with Crippen LogP contribution in [0.1, 0.15) is 45.0 Å². The number of Topliss-reactive ketones (excluding diaryl/α,β-unsaturated/α-hetero) is 1. The quantitative estimate of drug-likeness (QED) is 0.279. The minimum atomic E-state index is -1.51. The van der Waals surface area contributed by atoms with Crippen molar-refractivity contribution in [3.05, 3.63) is 35.9 Å². The van der Waals surface area contributed by atoms with Crippen LogP contribution in [0.2, 0.25) is 0 Å². The average molecular weight is 495 g/mol. The largest absolute Gasteiger partial charge is 0.467 e. The molecule has 0 saturated heterocycles. The van der Waals surface area contributed by atoms with E-state index in [0.29, 0.717) is 5.56 Å². The van der Waals surface area contributed by atoms with Crippen molar-refractivity contribution >= 4 is 29.7 Å². The molecule has 0 aliphatic rings. The molecular formula is C24H34N2O9. The van der Waals surface area contributed by atoms with Gasteiger partial charge < -0.3 is 24.6 Å². The highest BCUT2D eigenvalue weighted by molar-refractivity contribution is 5.98. The topological polar surface area (TPSA) is 149 Å². The number of aliphatic hydroxyl groups excluding tert-OH is 1. The van der Waals surface area contributed by atoms with Crippen LogP contribution in [-0.2, 0) is 28.6 Å². The van der Waals surface area contributed by atoms with Crippen LogP contribution in [-0.4, -0.2) is 84.3 Å². The standard InChI is InChI=1S/C24H34N2O9/c1-14(21(30)34-13-17(28)16-11-9-8-10-12-16)18(22(31)33-7)25-20(29)19(15(2)27)26(6)23(32)35-24(3,4)5/h8-12,14-15,18-19,27H,13H2,1-7H3,(H,25,29)/t14-,15-,18+,19+/m0/s1. The number of aliphatic hydroxyl groups is 1. The van der Waals surface area contributed by atoms with Gasteiger partial charge in [-0.15, -0.1) is 0 Å². The summed E-state index contributed by atoms with van der Waals surface area (Å²) in [6, 6.07) is 5.22. The number of carbonyl (C=O) groups is 5. The molecule has 1 rings (SSSR count). The van der Waals surface area contributed by atoms with Crippen LogP contribution in [0.4, 0.5) is 4.79 Å². The smallest absolute Gasteiger partial charge is 0.410 e. The molecule has 4 atom stereocenters. The van der Waals surface area contributed by atoms with Crippen molar-refractivity contribution in [2.75, 3.05) is 20.8 Å². The van der Waals surface area contributed by atoms with Crippen molar-refractivity contribution < 1.29 is 43.3 Å². The van der Waals surface area contributed by atoms with Gasteiger partial charge in [-0.1, -0.05) is 30.3 Å². The summed E-state index contributed by atoms with van der Waals surface area (Å²) in [6.07, 6.45) is -2.23. The zero-order chi connectivity index (χ0) is 26.9. The van der Waals surface area contributed by atoms with Gasteiger partial charge in [0.05, 0.1) is 19.1 Å². The number of nitrogens with one attached hydrogen (secondary N) is 1. The Kier molecular flexibility index (Phi) is 10.8. The summed E-state index contributed by atoms with van der Waals surface area (Å²) in [7, 11) is 2.32. The summed E-state index contributed by atoms with van der Waals surface area (Å²) in [4.78, 5) is 63.4. The van der Waals surface area contributed by atoms with E-state index in [0.717, 1.165) is 12.0 Å². The summed E-state index contributed by atoms with van der Waals surface area (Å²) >= 11 is 0. The molecule has 11 nitrogen and oxygen atoms in total. The second-order valence-corrected chi connectivity index (χ2v) is 8.97. The summed E-state index contributed by atoms with van der Waals surface area (Å²) < 4.78 is 15.0. The lowest BCUT2D eigenvalue weighted by molar-refractivity contribution is -0.156. The van der Waals surface area contributed by atoms with Gasteiger partial charge in [0.15, 0.2) is 12.4 Å². The Morgan fingerprint density at radius 3 is 2.09 bits per heavy atom. The summed E-state index contributed by atoms with van der Waals surface area (Å²) in [6.45, 7) is 6.95. The fourth-order valence-electron chi connectivity index (χ4n) is 3.03. The molecular weight excluding hydrogens is 460 g/mol. The molecule has 1 aromatic carbocycles. The lowest BCUT2D eigenvalue weighted by atomic mass is 10.0. The Morgan fingerprint density at radius 1 is 1.03 bits per heavy atom. The van der Waals surface area contributed by atoms with Crippen molar-refractivity contribution in [2.24, 2.45) is 5.92 Å². The minimum absolute atomic E-state index is 0.343. The molecule has 194 valence electrons. The van der Waals surface area contributed by atoms with E-state index in [4.69, 9.17) is 14.2 Å². The molecule has 0 aromatic heterocycles. The van der Waals surface area contributed by atoms with Crippen molar-refractivity contribution in [1.29, 1.82) is 0 Å². The fraction of sp³-hybridized carbons (Fsp3) is 0.542. The number of esters is 2. The molecule has 11 heteroatoms. The molecule has 0 saturated carbocycles. The van der Waals surface area contributed by atoms with Crippen LogP contribution in [0.5, 0.6) is 0 Å². The molecule has 0 bridgehead atoms. The monoisotopic (exact) mass is 494 g/mol. The third-order valence-corrected chi connectivity index (χ3v) is 4.89. The van der Waals surface area contributed by atoms with Crippen LogP contribution >= 0.6 is 0 Å². The number of amides is 2. The van der Waals surface area contributed by atoms with Gasteiger partial charge >= 0.3 is 18.0 Å². The number of benzene rings is 1. The Hall–Kier alpha value is -3.47. The summed E-state index contributed by atoms with van der Waals surface area (Å²) in [5, 5.41) is 12.5. The molecule has 35 heavy (non-hydrogen) atoms. The van der Waals surface area contributed by atoms with Crippen molar-refractivity contribution in [3.8, 4) is 0 Å². The van der Waals surface area contributed by atoms with Crippen molar-refractivity contribution in [3.63, 3.8) is 0 Å². The van der Waals surface area contributed by atoms with E-state index in [1.54, 1.807) is 51.1 Å². The first-order valence-corrected chi connectivity index (χ1v) is 11.0. The number of ketones is 1. The van der Waals surface area contributed by atoms with E-state index in [2.05, 4.69) is 5.32 Å². The Labute approximate surface area is 204 Å². The minimum Gasteiger partial charge on any atom is -0.467 e. The first-order valence-electron chi connectivity index (χ1n) is 11.0. The van der Waals surface area contributed by atoms with E-state index in [9.17, 15) is 29.1 Å². The summed E-state index contributed by atoms with van der Waals surface area (Å²) in [5.74, 6) is -4.52. The number of carbonyl (C=O) groups excluding carboxylic acids is 5. The molecule has 2 N–H and O–H groups in total. The zero-order valence-electron chi connectivity index (χ0n) is 21.1. The van der Waals surface area contributed by atoms with E-state index in [-0.39, 0.29) is 0 Å². The molecule has 0 spiro atoms. The van der Waals surface area contributed by atoms with E-state index in [1.165, 1.54) is 20.9 Å². The van der Waals surface area contributed by atoms with Gasteiger partial charge in [-0.05, 0) is 34.6 Å². The van der Waals surface area contributed by atoms with Gasteiger partial charge in [-0.2, -0.15) is 0 Å². The number of methoxy groups -OCH3 is 1. The summed E-state index contributed by atoms with van der Waals surface area (Å²) in [5.41, 5.74) is -0.509. The van der Waals surface area contributed by atoms with Crippen LogP contribution in [0.15, 0.2) is 30.3 Å². The van der Waals surface area contributed by atoms with Crippen LogP contribution in [0.3, 0.4) is 0 Å². The Balaban J connectivity index is 2.97. The molecule has 1 aromatic rings. The first-order chi connectivity index (χ1) is 16.2. The van der Waals surface area contributed by atoms with Crippen molar-refractivity contribution in [2.45, 2.75) is 58.4 Å². The maximum Gasteiger partial charge on any atom is 0.410 e. The van der Waals surface area contributed by atoms with Crippen LogP contribution < -0.4 is 5.32 Å². The third-order valence-electron chi connectivity index (χ3n) is 4.89. The highest BCUT2D eigenvalue weighted by Crippen LogP contribution is 2.15. The first kappa shape index (κ1) is 29.6. The lowest BCUT2D eigenvalue weighted by Crippen LogP contribution is -2.58. The number of hydrogen-bond donors (Lipinski definition) is 2. The van der Waals surface area contributed by atoms with E-state index in [1.807, 2.05) is 0 Å². The molecule has 2 amide bonds. The Bertz CT molecular complexity index is 909. The predicted octanol–water partition coefficient (Wildman–Crippen LogP) is 1.32. The van der Waals surface area contributed by atoms with Gasteiger partial charge in [-0.3, -0.25) is 19.3 Å². The van der Waals surface area contributed by atoms with E-state index >= 15 is 0 Å². The van der Waals surface area contributed by atoms with Crippen LogP contribution in [0, 0.1) is 5.92 Å². The second-order valence-electron chi connectivity index (χ2n) is 8.97. The number of likely N-dealkylation sites (N-methyl/N-ethyl adjacent to an activating group) is 1. The molecule has 0 heterocycles. The van der Waals surface area contributed by atoms with Gasteiger partial charge in [0.2, 0.25) is 5.91 Å². The zero-order valence-corrected chi connectivity index (χ0v) is 21.1. The molecule has 0 unspecified atom stereocenters. The maximum atomic E-state index is 13.0. The molecule has 0 radical (unpaired) electrons. The fourth-order valence-corrected chi connectivity index (χ4v) is 3.03. The third kappa shape index (κ3) is 9.01. The lowest BCUT2D eigenvalue weighted by Gasteiger charge is -2.32. The van der Waals surface area contributed by atoms with Crippen LogP contribution in [0.25, 0.3) is 0 Å². The molecule has 0 aliphatic heterocycles. The van der Waals surface area contributed by atoms with Crippen molar-refractivity contribution in [1.82, 2.24) is 10.2 Å². The Morgan fingerprint density at radius 2 is 1.60 bits per heavy atom. The average Bonchev–Trinajstić information content (AvgIpc) is 2.78. The normalized spacial score (nSPS) is 14.5. The predicted molar refractivity (Wildman–Crippen MR) is 124 cm³/mol. The van der Waals surface area contributed by atoms with Gasteiger partial charge in [0.1, 0.15) is 17.7 Å². The van der Waals surface area contributed by atoms with Gasteiger partial charge in [0, 0.05) is 12.6 Å². The molecule has 0 fully saturated rings. The number of nitrogens with zero attached hydrogens (tertiary/aromatic N) is 1. The maximum absolute atomic E-state index is 13.0. The number of ether oxygens (including phenoxy) is 3. The van der Waals surface area contributed by atoms with Gasteiger partial charge in [-0.25, -0.2) is 9.59 Å². The van der Waals surface area contributed by atoms with Gasteiger partial charge in [0.25, 0.3) is 0 Å².